The molecule has 3 N–H and O–H groups in total. The molecule has 0 saturated carbocycles. The van der Waals surface area contributed by atoms with Crippen LogP contribution >= 0.6 is 11.3 Å². The summed E-state index contributed by atoms with van der Waals surface area (Å²) in [6, 6.07) is 0. The highest BCUT2D eigenvalue weighted by molar-refractivity contribution is 7.09. The fraction of sp³-hybridized carbons (Fsp3) is 0.583. The number of hydrogen-bond acceptors (Lipinski definition) is 5. The van der Waals surface area contributed by atoms with E-state index in [0.29, 0.717) is 6.54 Å². The van der Waals surface area contributed by atoms with E-state index < -0.39 is 5.92 Å². The number of oxime groups is 1. The molecule has 6 nitrogen and oxygen atoms in total. The molecule has 0 saturated heterocycles. The van der Waals surface area contributed by atoms with E-state index >= 15 is 0 Å². The number of amidine groups is 1. The third-order valence-corrected chi connectivity index (χ3v) is 3.63. The molecule has 19 heavy (non-hydrogen) atoms. The van der Waals surface area contributed by atoms with Gasteiger partial charge in [0.2, 0.25) is 5.91 Å². The van der Waals surface area contributed by atoms with Gasteiger partial charge in [0, 0.05) is 12.4 Å². The molecular weight excluding hydrogens is 264 g/mol. The number of nitrogens with two attached hydrogens (primary N) is 1. The van der Waals surface area contributed by atoms with Crippen molar-refractivity contribution in [1.29, 1.82) is 0 Å². The highest BCUT2D eigenvalue weighted by atomic mass is 32.1. The van der Waals surface area contributed by atoms with Crippen LogP contribution in [-0.4, -0.2) is 33.9 Å². The normalized spacial score (nSPS) is 13.6. The molecule has 0 bridgehead atoms. The maximum absolute atomic E-state index is 12.3. The van der Waals surface area contributed by atoms with Gasteiger partial charge >= 0.3 is 0 Å². The van der Waals surface area contributed by atoms with Crippen molar-refractivity contribution in [3.63, 3.8) is 0 Å². The largest absolute Gasteiger partial charge is 0.409 e. The number of aromatic nitrogens is 1. The summed E-state index contributed by atoms with van der Waals surface area (Å²) in [7, 11) is 1.69. The fourth-order valence-electron chi connectivity index (χ4n) is 1.85. The van der Waals surface area contributed by atoms with Gasteiger partial charge in [-0.3, -0.25) is 4.79 Å². The van der Waals surface area contributed by atoms with Crippen LogP contribution in [0.2, 0.25) is 0 Å². The van der Waals surface area contributed by atoms with Crippen LogP contribution in [0.15, 0.2) is 10.5 Å². The van der Waals surface area contributed by atoms with Gasteiger partial charge in [0.15, 0.2) is 5.84 Å². The summed E-state index contributed by atoms with van der Waals surface area (Å²) in [5.41, 5.74) is 6.44. The first-order chi connectivity index (χ1) is 8.86. The van der Waals surface area contributed by atoms with E-state index in [1.54, 1.807) is 23.3 Å². The van der Waals surface area contributed by atoms with Crippen LogP contribution in [0, 0.1) is 18.8 Å². The Morgan fingerprint density at radius 2 is 2.26 bits per heavy atom. The predicted octanol–water partition coefficient (Wildman–Crippen LogP) is 1.43. The van der Waals surface area contributed by atoms with Gasteiger partial charge in [0.1, 0.15) is 5.92 Å². The van der Waals surface area contributed by atoms with Crippen molar-refractivity contribution in [2.75, 3.05) is 7.05 Å². The highest BCUT2D eigenvalue weighted by Crippen LogP contribution is 2.16. The molecule has 1 heterocycles. The molecule has 0 aromatic carbocycles. The minimum absolute atomic E-state index is 0.0389. The lowest BCUT2D eigenvalue weighted by Gasteiger charge is -2.24. The summed E-state index contributed by atoms with van der Waals surface area (Å²) in [5, 5.41) is 14.6. The van der Waals surface area contributed by atoms with Crippen LogP contribution < -0.4 is 5.73 Å². The zero-order chi connectivity index (χ0) is 14.6. The zero-order valence-electron chi connectivity index (χ0n) is 11.6. The number of hydrogen-bond donors (Lipinski definition) is 2. The second-order valence-electron chi connectivity index (χ2n) is 4.80. The number of rotatable bonds is 5. The molecule has 0 aliphatic rings. The Labute approximate surface area is 116 Å². The molecule has 1 rings (SSSR count). The number of aryl methyl sites for hydroxylation is 1. The smallest absolute Gasteiger partial charge is 0.233 e. The van der Waals surface area contributed by atoms with Crippen molar-refractivity contribution in [1.82, 2.24) is 9.88 Å². The average molecular weight is 284 g/mol. The van der Waals surface area contributed by atoms with Gasteiger partial charge in [0.25, 0.3) is 0 Å². The van der Waals surface area contributed by atoms with Gasteiger partial charge in [-0.2, -0.15) is 0 Å². The Morgan fingerprint density at radius 3 is 2.68 bits per heavy atom. The van der Waals surface area contributed by atoms with Crippen molar-refractivity contribution in [3.8, 4) is 0 Å². The van der Waals surface area contributed by atoms with Gasteiger partial charge in [-0.05, 0) is 12.8 Å². The summed E-state index contributed by atoms with van der Waals surface area (Å²) in [6.45, 7) is 6.07. The minimum Gasteiger partial charge on any atom is -0.409 e. The van der Waals surface area contributed by atoms with Crippen molar-refractivity contribution in [2.24, 2.45) is 22.7 Å². The van der Waals surface area contributed by atoms with Crippen molar-refractivity contribution in [2.45, 2.75) is 27.3 Å². The molecule has 0 fully saturated rings. The van der Waals surface area contributed by atoms with Crippen LogP contribution in [0.1, 0.15) is 24.5 Å². The van der Waals surface area contributed by atoms with Crippen LogP contribution in [0.4, 0.5) is 0 Å². The molecular formula is C12H20N4O2S. The second kappa shape index (κ2) is 6.51. The highest BCUT2D eigenvalue weighted by Gasteiger charge is 2.29. The molecule has 1 aromatic heterocycles. The predicted molar refractivity (Wildman–Crippen MR) is 75.1 cm³/mol. The summed E-state index contributed by atoms with van der Waals surface area (Å²) in [4.78, 5) is 18.2. The Hall–Kier alpha value is -1.63. The molecule has 7 heteroatoms. The first-order valence-corrected chi connectivity index (χ1v) is 6.88. The van der Waals surface area contributed by atoms with Crippen LogP contribution in [-0.2, 0) is 11.3 Å². The molecule has 0 radical (unpaired) electrons. The lowest BCUT2D eigenvalue weighted by Crippen LogP contribution is -2.42. The van der Waals surface area contributed by atoms with Gasteiger partial charge in [-0.25, -0.2) is 4.98 Å². The van der Waals surface area contributed by atoms with Crippen molar-refractivity contribution >= 4 is 23.1 Å². The van der Waals surface area contributed by atoms with E-state index in [2.05, 4.69) is 10.1 Å². The molecule has 1 aromatic rings. The topological polar surface area (TPSA) is 91.8 Å². The maximum atomic E-state index is 12.3. The number of thiazole rings is 1. The first-order valence-electron chi connectivity index (χ1n) is 6.00. The second-order valence-corrected chi connectivity index (χ2v) is 5.86. The van der Waals surface area contributed by atoms with E-state index in [4.69, 9.17) is 10.9 Å². The van der Waals surface area contributed by atoms with Gasteiger partial charge in [-0.1, -0.05) is 19.0 Å². The van der Waals surface area contributed by atoms with E-state index in [9.17, 15) is 4.79 Å². The number of amides is 1. The lowest BCUT2D eigenvalue weighted by atomic mass is 9.93. The Morgan fingerprint density at radius 1 is 1.63 bits per heavy atom. The monoisotopic (exact) mass is 284 g/mol. The molecule has 0 aliphatic heterocycles. The first kappa shape index (κ1) is 15.4. The van der Waals surface area contributed by atoms with Crippen molar-refractivity contribution in [3.05, 3.63) is 16.1 Å². The summed E-state index contributed by atoms with van der Waals surface area (Å²) in [6.07, 6.45) is 0. The van der Waals surface area contributed by atoms with Gasteiger partial charge < -0.3 is 15.8 Å². The minimum atomic E-state index is -0.616. The third kappa shape index (κ3) is 3.92. The SMILES string of the molecule is Cc1nc(CN(C)C(=O)C(C(N)=NO)C(C)C)cs1. The third-order valence-electron chi connectivity index (χ3n) is 2.81. The molecule has 1 unspecified atom stereocenters. The molecule has 1 amide bonds. The van der Waals surface area contributed by atoms with Crippen LogP contribution in [0.25, 0.3) is 0 Å². The molecule has 106 valence electrons. The average Bonchev–Trinajstić information content (AvgIpc) is 2.73. The quantitative estimate of drug-likeness (QED) is 0.370. The van der Waals surface area contributed by atoms with Crippen molar-refractivity contribution < 1.29 is 10.0 Å². The Bertz CT molecular complexity index is 470. The standard InChI is InChI=1S/C12H20N4O2S/c1-7(2)10(11(13)15-18)12(17)16(4)5-9-6-19-8(3)14-9/h6-7,10,18H,5H2,1-4H3,(H2,13,15). The van der Waals surface area contributed by atoms with E-state index in [1.165, 1.54) is 0 Å². The molecule has 0 spiro atoms. The molecule has 0 aliphatic carbocycles. The lowest BCUT2D eigenvalue weighted by molar-refractivity contribution is -0.133. The van der Waals surface area contributed by atoms with E-state index in [0.717, 1.165) is 10.7 Å². The fourth-order valence-corrected chi connectivity index (χ4v) is 2.46. The maximum Gasteiger partial charge on any atom is 0.233 e. The zero-order valence-corrected chi connectivity index (χ0v) is 12.4. The van der Waals surface area contributed by atoms with Gasteiger partial charge in [0.05, 0.1) is 17.2 Å². The number of carbonyl (C=O) groups excluding carboxylic acids is 1. The van der Waals surface area contributed by atoms with Gasteiger partial charge in [-0.15, -0.1) is 11.3 Å². The van der Waals surface area contributed by atoms with E-state index in [-0.39, 0.29) is 17.7 Å². The number of carbonyl (C=O) groups is 1. The Kier molecular flexibility index (Phi) is 5.29. The summed E-state index contributed by atoms with van der Waals surface area (Å²) < 4.78 is 0. The number of nitrogens with zero attached hydrogens (tertiary/aromatic N) is 3. The Balaban J connectivity index is 2.79. The summed E-state index contributed by atoms with van der Waals surface area (Å²) in [5.74, 6) is -0.880. The van der Waals surface area contributed by atoms with E-state index in [1.807, 2.05) is 26.2 Å². The van der Waals surface area contributed by atoms with Crippen LogP contribution in [0.3, 0.4) is 0 Å². The molecule has 1 atom stereocenters. The van der Waals surface area contributed by atoms with Crippen LogP contribution in [0.5, 0.6) is 0 Å². The summed E-state index contributed by atoms with van der Waals surface area (Å²) >= 11 is 1.55.